The number of aromatic nitrogens is 1. The van der Waals surface area contributed by atoms with Crippen molar-refractivity contribution in [3.63, 3.8) is 0 Å². The molecule has 0 radical (unpaired) electrons. The summed E-state index contributed by atoms with van der Waals surface area (Å²) < 4.78 is 348. The molecule has 6 aromatic rings. The lowest BCUT2D eigenvalue weighted by Crippen LogP contribution is -2.75. The molecule has 78 heavy (non-hydrogen) atoms. The van der Waals surface area contributed by atoms with Crippen LogP contribution in [0.5, 0.6) is 0 Å². The number of nitrogens with zero attached hydrogens (tertiary/aromatic N) is 1. The first-order valence-electron chi connectivity index (χ1n) is 21.6. The van der Waals surface area contributed by atoms with Gasteiger partial charge in [-0.25, -0.2) is 4.79 Å². The van der Waals surface area contributed by atoms with Crippen molar-refractivity contribution >= 4 is 39.7 Å². The van der Waals surface area contributed by atoms with Crippen LogP contribution < -0.4 is 26.4 Å². The number of pyridine rings is 1. The molecule has 0 saturated carbocycles. The number of esters is 1. The highest BCUT2D eigenvalue weighted by Gasteiger charge is 2.47. The minimum Gasteiger partial charge on any atom is -0.462 e. The van der Waals surface area contributed by atoms with Gasteiger partial charge in [-0.1, -0.05) is 85.8 Å². The van der Waals surface area contributed by atoms with Gasteiger partial charge in [0, 0.05) is 17.7 Å². The number of Topliss-reactive ketones (excluding diaryl/α,β-unsaturated/α-hetero) is 1. The summed E-state index contributed by atoms with van der Waals surface area (Å²) >= 11 is 0. The van der Waals surface area contributed by atoms with E-state index in [2.05, 4.69) is 0 Å². The topological polar surface area (TPSA) is 47.2 Å². The molecule has 0 fully saturated rings. The van der Waals surface area contributed by atoms with Crippen LogP contribution in [0.4, 0.5) is 105 Å². The number of benzene rings is 5. The van der Waals surface area contributed by atoms with E-state index in [1.807, 2.05) is 25.1 Å². The summed E-state index contributed by atoms with van der Waals surface area (Å²) in [7, 11) is 0. The van der Waals surface area contributed by atoms with E-state index in [1.54, 1.807) is 41.2 Å². The van der Waals surface area contributed by atoms with Crippen molar-refractivity contribution in [2.75, 3.05) is 6.61 Å². The average Bonchev–Trinajstić information content (AvgIpc) is 3.35. The van der Waals surface area contributed by atoms with Gasteiger partial charge in [-0.3, -0.25) is 4.79 Å². The van der Waals surface area contributed by atoms with Gasteiger partial charge >= 0.3 is 55.4 Å². The Morgan fingerprint density at radius 2 is 0.641 bits per heavy atom. The lowest BCUT2D eigenvalue weighted by atomic mass is 9.12. The Hall–Kier alpha value is -7.23. The second kappa shape index (κ2) is 21.9. The number of carbonyl (C=O) groups excluding carboxylic acids is 2. The van der Waals surface area contributed by atoms with E-state index < -0.39 is 195 Å². The van der Waals surface area contributed by atoms with Gasteiger partial charge in [0.05, 0.1) is 56.7 Å². The number of alkyl halides is 24. The predicted octanol–water partition coefficient (Wildman–Crippen LogP) is 13.6. The Morgan fingerprint density at radius 3 is 0.872 bits per heavy atom. The van der Waals surface area contributed by atoms with Gasteiger partial charge in [0.15, 0.2) is 12.4 Å². The van der Waals surface area contributed by atoms with Gasteiger partial charge in [0.25, 0.3) is 0 Å². The summed E-state index contributed by atoms with van der Waals surface area (Å²) in [5.74, 6) is -0.305. The summed E-state index contributed by atoms with van der Waals surface area (Å²) in [6, 6.07) is 3.65. The molecule has 4 nitrogen and oxygen atoms in total. The number of rotatable bonds is 10. The van der Waals surface area contributed by atoms with Crippen LogP contribution in [0.2, 0.25) is 0 Å². The normalized spacial score (nSPS) is 13.2. The van der Waals surface area contributed by atoms with Crippen molar-refractivity contribution in [2.45, 2.75) is 69.3 Å². The van der Waals surface area contributed by atoms with Crippen molar-refractivity contribution in [3.8, 4) is 0 Å². The summed E-state index contributed by atoms with van der Waals surface area (Å²) in [6.07, 6.45) is -50.6. The van der Waals surface area contributed by atoms with Crippen LogP contribution in [0.1, 0.15) is 78.6 Å². The number of carbonyl (C=O) groups is 2. The van der Waals surface area contributed by atoms with Crippen molar-refractivity contribution in [2.24, 2.45) is 0 Å². The molecule has 1 heterocycles. The number of hydrogen-bond acceptors (Lipinski definition) is 3. The summed E-state index contributed by atoms with van der Waals surface area (Å²) in [5, 5.41) is 0. The van der Waals surface area contributed by atoms with Crippen LogP contribution in [0, 0.1) is 0 Å². The van der Waals surface area contributed by atoms with Crippen LogP contribution >= 0.6 is 0 Å². The van der Waals surface area contributed by atoms with Gasteiger partial charge in [-0.2, -0.15) is 132 Å². The number of ketones is 1. The Balaban J connectivity index is 0.000000443. The van der Waals surface area contributed by atoms with E-state index >= 15 is 0 Å². The summed E-state index contributed by atoms with van der Waals surface area (Å²) in [4.78, 5) is 23.7. The van der Waals surface area contributed by atoms with E-state index in [0.29, 0.717) is 17.7 Å². The lowest BCUT2D eigenvalue weighted by molar-refractivity contribution is -0.683. The standard InChI is InChI=1S/C32H12BF24.C17H18NO3/c34-25(35,36)13-1-14(26(37,38)39)6-21(5-13)33(22-7-15(27(40,41)42)2-16(8-22)28(43,44)45,23-9-17(29(46,47)48)3-18(10-23)30(49,50)51)24-11-19(31(52,53)54)4-20(12-24)32(55,56)57;1-2-12-21-17(20)15-8-10-18(11-9-15)13-16(19)14-6-4-3-5-7-14/h1-12H;3-11H,2,12-13H2,1H3/q-1;+1. The van der Waals surface area contributed by atoms with Crippen LogP contribution in [0.25, 0.3) is 0 Å². The second-order valence-corrected chi connectivity index (χ2v) is 16.9. The van der Waals surface area contributed by atoms with Gasteiger partial charge in [0.1, 0.15) is 6.15 Å². The van der Waals surface area contributed by atoms with E-state index in [0.717, 1.165) is 6.42 Å². The quantitative estimate of drug-likeness (QED) is 0.0451. The number of ether oxygens (including phenoxy) is 1. The fourth-order valence-electron chi connectivity index (χ4n) is 7.93. The Bertz CT molecular complexity index is 2680. The molecule has 1 aromatic heterocycles. The lowest BCUT2D eigenvalue weighted by Gasteiger charge is -2.46. The smallest absolute Gasteiger partial charge is 0.416 e. The molecule has 420 valence electrons. The molecular formula is C49H30BF24NO3. The molecule has 0 unspecified atom stereocenters. The fourth-order valence-corrected chi connectivity index (χ4v) is 7.93. The second-order valence-electron chi connectivity index (χ2n) is 16.9. The van der Waals surface area contributed by atoms with E-state index in [1.165, 1.54) is 0 Å². The maximum absolute atomic E-state index is 14.2. The highest BCUT2D eigenvalue weighted by atomic mass is 19.4. The minimum atomic E-state index is -6.13. The Kier molecular flexibility index (Phi) is 17.3. The molecular weight excluding hydrogens is 1120 g/mol. The van der Waals surface area contributed by atoms with Crippen molar-refractivity contribution in [1.82, 2.24) is 0 Å². The van der Waals surface area contributed by atoms with Crippen LogP contribution in [-0.4, -0.2) is 24.5 Å². The van der Waals surface area contributed by atoms with Crippen molar-refractivity contribution in [1.29, 1.82) is 0 Å². The molecule has 29 heteroatoms. The third-order valence-corrected chi connectivity index (χ3v) is 11.4. The number of hydrogen-bond donors (Lipinski definition) is 0. The molecule has 0 atom stereocenters. The zero-order valence-corrected chi connectivity index (χ0v) is 38.6. The Labute approximate surface area is 422 Å². The third-order valence-electron chi connectivity index (χ3n) is 11.4. The molecule has 0 aliphatic heterocycles. The van der Waals surface area contributed by atoms with E-state index in [4.69, 9.17) is 4.74 Å². The van der Waals surface area contributed by atoms with Crippen LogP contribution in [0.15, 0.2) is 128 Å². The number of halogens is 24. The summed E-state index contributed by atoms with van der Waals surface area (Å²) in [5.41, 5.74) is -29.0. The zero-order chi connectivity index (χ0) is 59.0. The van der Waals surface area contributed by atoms with Gasteiger partial charge < -0.3 is 4.74 Å². The molecule has 0 saturated heterocycles. The molecule has 0 amide bonds. The average molecular weight is 1150 g/mol. The molecule has 0 aliphatic carbocycles. The molecule has 0 aliphatic rings. The third kappa shape index (κ3) is 14.7. The first-order valence-corrected chi connectivity index (χ1v) is 21.6. The maximum atomic E-state index is 14.2. The summed E-state index contributed by atoms with van der Waals surface area (Å²) in [6.45, 7) is 2.61. The monoisotopic (exact) mass is 1150 g/mol. The highest BCUT2D eigenvalue weighted by Crippen LogP contribution is 2.41. The highest BCUT2D eigenvalue weighted by molar-refractivity contribution is 7.20. The van der Waals surface area contributed by atoms with E-state index in [-0.39, 0.29) is 18.3 Å². The fraction of sp³-hybridized carbons (Fsp3) is 0.245. The minimum absolute atomic E-state index is 0.0295. The Morgan fingerprint density at radius 1 is 0.385 bits per heavy atom. The molecule has 0 spiro atoms. The van der Waals surface area contributed by atoms with Gasteiger partial charge in [-0.15, -0.1) is 0 Å². The van der Waals surface area contributed by atoms with Gasteiger partial charge in [0.2, 0.25) is 12.3 Å². The SMILES string of the molecule is CCCOC(=O)c1cc[n+](CC(=O)c2ccccc2)cc1.FC(F)(F)c1cc([B-](c2cc(C(F)(F)F)cc(C(F)(F)F)c2)(c2cc(C(F)(F)F)cc(C(F)(F)F)c2)c2cc(C(F)(F)F)cc(C(F)(F)F)c2)cc(C(F)(F)F)c1. The molecule has 6 rings (SSSR count). The first-order chi connectivity index (χ1) is 35.5. The maximum Gasteiger partial charge on any atom is 0.416 e. The molecule has 5 aromatic carbocycles. The van der Waals surface area contributed by atoms with Crippen LogP contribution in [-0.2, 0) is 60.7 Å². The molecule has 0 N–H and O–H groups in total. The van der Waals surface area contributed by atoms with Crippen molar-refractivity contribution in [3.05, 3.63) is 183 Å². The predicted molar refractivity (Wildman–Crippen MR) is 228 cm³/mol. The van der Waals surface area contributed by atoms with E-state index in [9.17, 15) is 115 Å². The van der Waals surface area contributed by atoms with Gasteiger partial charge in [-0.05, 0) is 30.7 Å². The first kappa shape index (κ1) is 61.6. The van der Waals surface area contributed by atoms with Crippen molar-refractivity contribution < 1.29 is 124 Å². The molecule has 0 bridgehead atoms. The zero-order valence-electron chi connectivity index (χ0n) is 38.6. The van der Waals surface area contributed by atoms with Crippen LogP contribution in [0.3, 0.4) is 0 Å². The largest absolute Gasteiger partial charge is 0.462 e.